The molecule has 28 heavy (non-hydrogen) atoms. The van der Waals surface area contributed by atoms with Gasteiger partial charge in [-0.3, -0.25) is 9.59 Å². The molecular formula is C20H23ClN4O2S. The van der Waals surface area contributed by atoms with Crippen molar-refractivity contribution in [3.8, 4) is 0 Å². The van der Waals surface area contributed by atoms with Gasteiger partial charge in [0.2, 0.25) is 5.91 Å². The zero-order valence-electron chi connectivity index (χ0n) is 15.7. The Morgan fingerprint density at radius 3 is 2.50 bits per heavy atom. The Kier molecular flexibility index (Phi) is 5.57. The zero-order valence-corrected chi connectivity index (χ0v) is 17.3. The number of benzene rings is 1. The molecule has 2 fully saturated rings. The topological polar surface area (TPSA) is 64.7 Å². The smallest absolute Gasteiger partial charge is 0.265 e. The number of rotatable bonds is 5. The monoisotopic (exact) mass is 418 g/mol. The summed E-state index contributed by atoms with van der Waals surface area (Å²) in [4.78, 5) is 29.5. The van der Waals surface area contributed by atoms with Crippen LogP contribution < -0.4 is 15.5 Å². The molecule has 0 spiro atoms. The van der Waals surface area contributed by atoms with Crippen LogP contribution in [-0.2, 0) is 4.79 Å². The number of likely N-dealkylation sites (N-methyl/N-ethyl adjacent to an activating group) is 1. The molecule has 8 heteroatoms. The maximum Gasteiger partial charge on any atom is 0.265 e. The van der Waals surface area contributed by atoms with Gasteiger partial charge in [0, 0.05) is 37.8 Å². The Bertz CT molecular complexity index is 888. The first-order valence-electron chi connectivity index (χ1n) is 9.45. The molecular weight excluding hydrogens is 396 g/mol. The first kappa shape index (κ1) is 19.2. The van der Waals surface area contributed by atoms with E-state index in [-0.39, 0.29) is 17.7 Å². The SMILES string of the molecule is CN1CCN(c2ccc(NC(=O)c3ccc(NC(=O)C4CC4)s3)cc2Cl)CC1. The summed E-state index contributed by atoms with van der Waals surface area (Å²) < 4.78 is 0. The second kappa shape index (κ2) is 8.11. The van der Waals surface area contributed by atoms with Gasteiger partial charge in [0.25, 0.3) is 5.91 Å². The van der Waals surface area contributed by atoms with Gasteiger partial charge in [-0.15, -0.1) is 11.3 Å². The fourth-order valence-electron chi connectivity index (χ4n) is 3.18. The van der Waals surface area contributed by atoms with Crippen LogP contribution in [-0.4, -0.2) is 49.9 Å². The average molecular weight is 419 g/mol. The molecule has 1 aliphatic carbocycles. The van der Waals surface area contributed by atoms with Gasteiger partial charge >= 0.3 is 0 Å². The summed E-state index contributed by atoms with van der Waals surface area (Å²) in [5.41, 5.74) is 1.65. The van der Waals surface area contributed by atoms with Gasteiger partial charge < -0.3 is 20.4 Å². The molecule has 1 saturated carbocycles. The summed E-state index contributed by atoms with van der Waals surface area (Å²) in [6.45, 7) is 3.89. The summed E-state index contributed by atoms with van der Waals surface area (Å²) in [7, 11) is 2.12. The van der Waals surface area contributed by atoms with E-state index < -0.39 is 0 Å². The first-order chi connectivity index (χ1) is 13.5. The van der Waals surface area contributed by atoms with Gasteiger partial charge in [-0.1, -0.05) is 11.6 Å². The minimum atomic E-state index is -0.208. The number of piperazine rings is 1. The lowest BCUT2D eigenvalue weighted by Crippen LogP contribution is -2.44. The second-order valence-corrected chi connectivity index (χ2v) is 8.83. The van der Waals surface area contributed by atoms with Gasteiger partial charge in [-0.2, -0.15) is 0 Å². The molecule has 1 aromatic carbocycles. The highest BCUT2D eigenvalue weighted by Crippen LogP contribution is 2.32. The van der Waals surface area contributed by atoms with E-state index in [2.05, 4.69) is 27.5 Å². The average Bonchev–Trinajstić information content (AvgIpc) is 3.42. The van der Waals surface area contributed by atoms with Crippen molar-refractivity contribution in [2.75, 3.05) is 48.8 Å². The molecule has 2 heterocycles. The summed E-state index contributed by atoms with van der Waals surface area (Å²) in [5, 5.41) is 7.08. The predicted molar refractivity (Wildman–Crippen MR) is 115 cm³/mol. The fraction of sp³-hybridized carbons (Fsp3) is 0.400. The van der Waals surface area contributed by atoms with E-state index in [0.29, 0.717) is 20.6 Å². The van der Waals surface area contributed by atoms with Gasteiger partial charge in [0.1, 0.15) is 0 Å². The van der Waals surface area contributed by atoms with Gasteiger partial charge in [0.15, 0.2) is 0 Å². The van der Waals surface area contributed by atoms with Gasteiger partial charge in [-0.05, 0) is 50.2 Å². The number of nitrogens with zero attached hydrogens (tertiary/aromatic N) is 2. The number of hydrogen-bond acceptors (Lipinski definition) is 5. The third kappa shape index (κ3) is 4.48. The summed E-state index contributed by atoms with van der Waals surface area (Å²) in [6, 6.07) is 9.11. The Labute approximate surface area is 173 Å². The van der Waals surface area contributed by atoms with Gasteiger partial charge in [-0.25, -0.2) is 0 Å². The van der Waals surface area contributed by atoms with E-state index in [1.807, 2.05) is 12.1 Å². The molecule has 0 unspecified atom stereocenters. The van der Waals surface area contributed by atoms with Crippen LogP contribution in [0.5, 0.6) is 0 Å². The molecule has 2 N–H and O–H groups in total. The van der Waals surface area contributed by atoms with Crippen molar-refractivity contribution in [1.29, 1.82) is 0 Å². The number of thiophene rings is 1. The predicted octanol–water partition coefficient (Wildman–Crippen LogP) is 3.75. The lowest BCUT2D eigenvalue weighted by Gasteiger charge is -2.34. The molecule has 0 atom stereocenters. The number of hydrogen-bond donors (Lipinski definition) is 2. The molecule has 1 aromatic heterocycles. The van der Waals surface area contributed by atoms with Crippen molar-refractivity contribution in [3.63, 3.8) is 0 Å². The Morgan fingerprint density at radius 2 is 1.82 bits per heavy atom. The van der Waals surface area contributed by atoms with E-state index >= 15 is 0 Å². The molecule has 0 radical (unpaired) electrons. The second-order valence-electron chi connectivity index (χ2n) is 7.34. The van der Waals surface area contributed by atoms with Crippen molar-refractivity contribution < 1.29 is 9.59 Å². The molecule has 1 saturated heterocycles. The number of carbonyl (C=O) groups excluding carboxylic acids is 2. The van der Waals surface area contributed by atoms with Crippen molar-refractivity contribution in [2.45, 2.75) is 12.8 Å². The van der Waals surface area contributed by atoms with E-state index in [0.717, 1.165) is 44.7 Å². The van der Waals surface area contributed by atoms with Crippen molar-refractivity contribution in [2.24, 2.45) is 5.92 Å². The number of halogens is 1. The first-order valence-corrected chi connectivity index (χ1v) is 10.6. The number of nitrogens with one attached hydrogen (secondary N) is 2. The maximum absolute atomic E-state index is 12.5. The third-order valence-electron chi connectivity index (χ3n) is 5.07. The third-order valence-corrected chi connectivity index (χ3v) is 6.38. The largest absolute Gasteiger partial charge is 0.368 e. The van der Waals surface area contributed by atoms with Crippen molar-refractivity contribution in [3.05, 3.63) is 40.2 Å². The van der Waals surface area contributed by atoms with Crippen LogP contribution in [0.2, 0.25) is 5.02 Å². The minimum absolute atomic E-state index is 0.0417. The molecule has 2 amide bonds. The van der Waals surface area contributed by atoms with Crippen LogP contribution in [0.3, 0.4) is 0 Å². The highest BCUT2D eigenvalue weighted by Gasteiger charge is 2.30. The Morgan fingerprint density at radius 1 is 1.07 bits per heavy atom. The molecule has 6 nitrogen and oxygen atoms in total. The Hall–Kier alpha value is -2.09. The van der Waals surface area contributed by atoms with Crippen molar-refractivity contribution >= 4 is 51.1 Å². The van der Waals surface area contributed by atoms with Crippen LogP contribution in [0.15, 0.2) is 30.3 Å². The standard InChI is InChI=1S/C20H23ClN4O2S/c1-24-8-10-25(11-9-24)16-5-4-14(12-15(16)21)22-20(27)17-6-7-18(28-17)23-19(26)13-2-3-13/h4-7,12-13H,2-3,8-11H2,1H3,(H,22,27)(H,23,26). The van der Waals surface area contributed by atoms with Crippen LogP contribution in [0.1, 0.15) is 22.5 Å². The lowest BCUT2D eigenvalue weighted by molar-refractivity contribution is -0.117. The fourth-order valence-corrected chi connectivity index (χ4v) is 4.28. The lowest BCUT2D eigenvalue weighted by atomic mass is 10.2. The van der Waals surface area contributed by atoms with Crippen LogP contribution in [0.25, 0.3) is 0 Å². The summed E-state index contributed by atoms with van der Waals surface area (Å²) in [6.07, 6.45) is 1.91. The van der Waals surface area contributed by atoms with E-state index in [4.69, 9.17) is 11.6 Å². The quantitative estimate of drug-likeness (QED) is 0.776. The molecule has 148 valence electrons. The minimum Gasteiger partial charge on any atom is -0.368 e. The molecule has 4 rings (SSSR count). The van der Waals surface area contributed by atoms with E-state index in [1.54, 1.807) is 18.2 Å². The van der Waals surface area contributed by atoms with Crippen molar-refractivity contribution in [1.82, 2.24) is 4.90 Å². The van der Waals surface area contributed by atoms with E-state index in [1.165, 1.54) is 11.3 Å². The summed E-state index contributed by atoms with van der Waals surface area (Å²) >= 11 is 7.75. The highest BCUT2D eigenvalue weighted by atomic mass is 35.5. The van der Waals surface area contributed by atoms with Crippen LogP contribution in [0.4, 0.5) is 16.4 Å². The number of anilines is 3. The normalized spacial score (nSPS) is 17.4. The molecule has 2 aliphatic rings. The number of carbonyl (C=O) groups is 2. The highest BCUT2D eigenvalue weighted by molar-refractivity contribution is 7.18. The molecule has 2 aromatic rings. The van der Waals surface area contributed by atoms with Gasteiger partial charge in [0.05, 0.1) is 20.6 Å². The van der Waals surface area contributed by atoms with Crippen LogP contribution in [0, 0.1) is 5.92 Å². The maximum atomic E-state index is 12.5. The number of amides is 2. The molecule has 0 bridgehead atoms. The van der Waals surface area contributed by atoms with Crippen LogP contribution >= 0.6 is 22.9 Å². The summed E-state index contributed by atoms with van der Waals surface area (Å²) in [5.74, 6) is -0.0271. The Balaban J connectivity index is 1.38. The molecule has 1 aliphatic heterocycles. The van der Waals surface area contributed by atoms with E-state index in [9.17, 15) is 9.59 Å². The zero-order chi connectivity index (χ0) is 19.7.